The van der Waals surface area contributed by atoms with Gasteiger partial charge in [0.1, 0.15) is 11.7 Å². The number of aromatic nitrogens is 1. The highest BCUT2D eigenvalue weighted by atomic mass is 35.5. The number of hydrogen-bond donors (Lipinski definition) is 1. The van der Waals surface area contributed by atoms with Gasteiger partial charge in [-0.2, -0.15) is 0 Å². The molecule has 0 unspecified atom stereocenters. The van der Waals surface area contributed by atoms with Crippen molar-refractivity contribution in [3.63, 3.8) is 0 Å². The number of amides is 2. The Morgan fingerprint density at radius 1 is 1.35 bits per heavy atom. The molecule has 0 aliphatic carbocycles. The van der Waals surface area contributed by atoms with Gasteiger partial charge in [-0.05, 0) is 18.2 Å². The quantitative estimate of drug-likeness (QED) is 0.924. The van der Waals surface area contributed by atoms with E-state index < -0.39 is 11.9 Å². The van der Waals surface area contributed by atoms with Gasteiger partial charge >= 0.3 is 0 Å². The van der Waals surface area contributed by atoms with Crippen LogP contribution in [0.3, 0.4) is 0 Å². The van der Waals surface area contributed by atoms with Crippen molar-refractivity contribution >= 4 is 34.3 Å². The first-order valence-electron chi connectivity index (χ1n) is 7.19. The number of ether oxygens (including phenoxy) is 1. The van der Waals surface area contributed by atoms with Crippen LogP contribution in [0, 0.1) is 0 Å². The molecule has 1 aliphatic rings. The molecule has 23 heavy (non-hydrogen) atoms. The maximum absolute atomic E-state index is 12.7. The van der Waals surface area contributed by atoms with Gasteiger partial charge in [-0.25, -0.2) is 4.98 Å². The third-order valence-corrected chi connectivity index (χ3v) is 4.29. The van der Waals surface area contributed by atoms with Crippen molar-refractivity contribution in [2.45, 2.75) is 18.6 Å². The Labute approximate surface area is 138 Å². The monoisotopic (exact) mass is 333 g/mol. The van der Waals surface area contributed by atoms with Crippen molar-refractivity contribution in [1.29, 1.82) is 0 Å². The average Bonchev–Trinajstić information content (AvgIpc) is 2.98. The molecule has 1 fully saturated rings. The van der Waals surface area contributed by atoms with E-state index in [0.717, 1.165) is 5.39 Å². The van der Waals surface area contributed by atoms with Gasteiger partial charge in [0.15, 0.2) is 0 Å². The second-order valence-electron chi connectivity index (χ2n) is 5.50. The van der Waals surface area contributed by atoms with E-state index in [1.165, 1.54) is 4.90 Å². The fourth-order valence-corrected chi connectivity index (χ4v) is 2.99. The minimum absolute atomic E-state index is 0.202. The van der Waals surface area contributed by atoms with Crippen molar-refractivity contribution in [3.05, 3.63) is 41.0 Å². The zero-order valence-electron chi connectivity index (χ0n) is 12.5. The molecule has 2 heterocycles. The first-order chi connectivity index (χ1) is 11.0. The fourth-order valence-electron chi connectivity index (χ4n) is 2.82. The topological polar surface area (TPSA) is 85.5 Å². The Hall–Kier alpha value is -2.18. The van der Waals surface area contributed by atoms with E-state index in [1.807, 2.05) is 6.07 Å². The standard InChI is InChI=1S/C16H16ClN3O3/c1-23-11-7-14(15(18)21)20(8-11)16(22)12-5-3-9-2-4-10(17)6-13(9)19-12/h2-6,11,14H,7-8H2,1H3,(H2,18,21)/t11-,14-/m0/s1. The first-order valence-corrected chi connectivity index (χ1v) is 7.57. The normalized spacial score (nSPS) is 20.9. The lowest BCUT2D eigenvalue weighted by Gasteiger charge is -2.21. The third kappa shape index (κ3) is 3.00. The number of likely N-dealkylation sites (tertiary alicyclic amines) is 1. The Balaban J connectivity index is 1.94. The zero-order valence-corrected chi connectivity index (χ0v) is 13.3. The number of pyridine rings is 1. The molecule has 1 saturated heterocycles. The van der Waals surface area contributed by atoms with Crippen LogP contribution in [-0.4, -0.2) is 47.5 Å². The maximum Gasteiger partial charge on any atom is 0.273 e. The predicted molar refractivity (Wildman–Crippen MR) is 86.2 cm³/mol. The lowest BCUT2D eigenvalue weighted by atomic mass is 10.1. The summed E-state index contributed by atoms with van der Waals surface area (Å²) in [6.45, 7) is 0.318. The van der Waals surface area contributed by atoms with Crippen LogP contribution in [0.4, 0.5) is 0 Å². The van der Waals surface area contributed by atoms with Crippen molar-refractivity contribution in [1.82, 2.24) is 9.88 Å². The minimum Gasteiger partial charge on any atom is -0.380 e. The molecule has 1 aromatic carbocycles. The van der Waals surface area contributed by atoms with Gasteiger partial charge in [0.05, 0.1) is 11.6 Å². The van der Waals surface area contributed by atoms with Crippen molar-refractivity contribution in [3.8, 4) is 0 Å². The molecule has 2 amide bonds. The molecular formula is C16H16ClN3O3. The summed E-state index contributed by atoms with van der Waals surface area (Å²) >= 11 is 5.97. The van der Waals surface area contributed by atoms with Crippen LogP contribution >= 0.6 is 11.6 Å². The number of fused-ring (bicyclic) bond motifs is 1. The predicted octanol–water partition coefficient (Wildman–Crippen LogP) is 1.60. The van der Waals surface area contributed by atoms with E-state index >= 15 is 0 Å². The lowest BCUT2D eigenvalue weighted by molar-refractivity contribution is -0.121. The first kappa shape index (κ1) is 15.7. The molecule has 1 aromatic heterocycles. The molecule has 2 N–H and O–H groups in total. The Morgan fingerprint density at radius 2 is 2.09 bits per heavy atom. The summed E-state index contributed by atoms with van der Waals surface area (Å²) in [5.74, 6) is -0.878. The summed E-state index contributed by atoms with van der Waals surface area (Å²) in [6.07, 6.45) is 0.197. The van der Waals surface area contributed by atoms with E-state index in [9.17, 15) is 9.59 Å². The number of hydrogen-bond acceptors (Lipinski definition) is 4. The summed E-state index contributed by atoms with van der Waals surface area (Å²) in [4.78, 5) is 30.1. The largest absolute Gasteiger partial charge is 0.380 e. The number of carbonyl (C=O) groups excluding carboxylic acids is 2. The Bertz CT molecular complexity index is 780. The molecule has 3 rings (SSSR count). The number of nitrogens with zero attached hydrogens (tertiary/aromatic N) is 2. The average molecular weight is 334 g/mol. The lowest BCUT2D eigenvalue weighted by Crippen LogP contribution is -2.44. The molecule has 7 heteroatoms. The number of benzene rings is 1. The van der Waals surface area contributed by atoms with E-state index in [0.29, 0.717) is 23.5 Å². The molecule has 1 aliphatic heterocycles. The van der Waals surface area contributed by atoms with Crippen LogP contribution in [0.2, 0.25) is 5.02 Å². The summed E-state index contributed by atoms with van der Waals surface area (Å²) in [7, 11) is 1.55. The smallest absolute Gasteiger partial charge is 0.273 e. The van der Waals surface area contributed by atoms with Crippen molar-refractivity contribution < 1.29 is 14.3 Å². The van der Waals surface area contributed by atoms with Gasteiger partial charge in [0, 0.05) is 30.5 Å². The molecule has 0 radical (unpaired) electrons. The maximum atomic E-state index is 12.7. The van der Waals surface area contributed by atoms with Gasteiger partial charge in [-0.15, -0.1) is 0 Å². The Kier molecular flexibility index (Phi) is 4.19. The van der Waals surface area contributed by atoms with E-state index in [2.05, 4.69) is 4.98 Å². The fraction of sp³-hybridized carbons (Fsp3) is 0.312. The van der Waals surface area contributed by atoms with Crippen LogP contribution < -0.4 is 5.73 Å². The zero-order chi connectivity index (χ0) is 16.6. The van der Waals surface area contributed by atoms with Crippen LogP contribution in [0.15, 0.2) is 30.3 Å². The molecule has 6 nitrogen and oxygen atoms in total. The van der Waals surface area contributed by atoms with Gasteiger partial charge in [-0.1, -0.05) is 23.7 Å². The second kappa shape index (κ2) is 6.14. The molecule has 2 atom stereocenters. The van der Waals surface area contributed by atoms with Crippen LogP contribution in [0.5, 0.6) is 0 Å². The molecule has 2 aromatic rings. The number of rotatable bonds is 3. The minimum atomic E-state index is -0.677. The molecule has 0 saturated carbocycles. The molecular weight excluding hydrogens is 318 g/mol. The second-order valence-corrected chi connectivity index (χ2v) is 5.94. The third-order valence-electron chi connectivity index (χ3n) is 4.06. The van der Waals surface area contributed by atoms with Crippen LogP contribution in [0.25, 0.3) is 10.9 Å². The van der Waals surface area contributed by atoms with Gasteiger partial charge in [0.25, 0.3) is 5.91 Å². The number of nitrogens with two attached hydrogens (primary N) is 1. The SMILES string of the molecule is CO[C@H]1C[C@@H](C(N)=O)N(C(=O)c2ccc3ccc(Cl)cc3n2)C1. The van der Waals surface area contributed by atoms with Crippen molar-refractivity contribution in [2.75, 3.05) is 13.7 Å². The highest BCUT2D eigenvalue weighted by molar-refractivity contribution is 6.31. The van der Waals surface area contributed by atoms with Gasteiger partial charge in [0.2, 0.25) is 5.91 Å². The van der Waals surface area contributed by atoms with Crippen LogP contribution in [0.1, 0.15) is 16.9 Å². The van der Waals surface area contributed by atoms with E-state index in [1.54, 1.807) is 31.4 Å². The van der Waals surface area contributed by atoms with E-state index in [4.69, 9.17) is 22.1 Å². The number of primary amides is 1. The summed E-state index contributed by atoms with van der Waals surface area (Å²) in [5, 5.41) is 1.43. The summed E-state index contributed by atoms with van der Waals surface area (Å²) in [5.41, 5.74) is 6.28. The van der Waals surface area contributed by atoms with Gasteiger partial charge in [-0.3, -0.25) is 9.59 Å². The molecule has 120 valence electrons. The highest BCUT2D eigenvalue weighted by Crippen LogP contribution is 2.23. The van der Waals surface area contributed by atoms with Gasteiger partial charge < -0.3 is 15.4 Å². The summed E-state index contributed by atoms with van der Waals surface area (Å²) in [6, 6.07) is 8.05. The van der Waals surface area contributed by atoms with E-state index in [-0.39, 0.29) is 17.7 Å². The van der Waals surface area contributed by atoms with Crippen LogP contribution in [-0.2, 0) is 9.53 Å². The highest BCUT2D eigenvalue weighted by Gasteiger charge is 2.39. The number of carbonyl (C=O) groups is 2. The molecule has 0 spiro atoms. The summed E-state index contributed by atoms with van der Waals surface area (Å²) < 4.78 is 5.25. The number of halogens is 1. The van der Waals surface area contributed by atoms with Crippen molar-refractivity contribution in [2.24, 2.45) is 5.73 Å². The molecule has 0 bridgehead atoms. The Morgan fingerprint density at radius 3 is 2.78 bits per heavy atom. The number of methoxy groups -OCH3 is 1.